The maximum absolute atomic E-state index is 12.6. The predicted octanol–water partition coefficient (Wildman–Crippen LogP) is 5.09. The average Bonchev–Trinajstić information content (AvgIpc) is 3.20. The van der Waals surface area contributed by atoms with Gasteiger partial charge in [-0.2, -0.15) is 5.10 Å². The van der Waals surface area contributed by atoms with Crippen molar-refractivity contribution < 1.29 is 13.2 Å². The van der Waals surface area contributed by atoms with Crippen LogP contribution < -0.4 is 9.21 Å². The van der Waals surface area contributed by atoms with E-state index in [0.29, 0.717) is 34.2 Å². The van der Waals surface area contributed by atoms with Crippen molar-refractivity contribution in [2.75, 3.05) is 15.5 Å². The number of carbonyl (C=O) groups excluding carboxylic acids is 1. The Morgan fingerprint density at radius 1 is 0.941 bits per heavy atom. The first-order valence-corrected chi connectivity index (χ1v) is 12.7. The van der Waals surface area contributed by atoms with E-state index in [2.05, 4.69) is 5.10 Å². The molecule has 4 aromatic rings. The third-order valence-electron chi connectivity index (χ3n) is 5.25. The predicted molar refractivity (Wildman–Crippen MR) is 135 cm³/mol. The summed E-state index contributed by atoms with van der Waals surface area (Å²) in [4.78, 5) is 13.6. The van der Waals surface area contributed by atoms with Crippen molar-refractivity contribution in [2.45, 2.75) is 13.5 Å². The Morgan fingerprint density at radius 2 is 1.56 bits per heavy atom. The maximum atomic E-state index is 12.6. The van der Waals surface area contributed by atoms with E-state index in [-0.39, 0.29) is 6.54 Å². The van der Waals surface area contributed by atoms with Gasteiger partial charge in [-0.3, -0.25) is 14.0 Å². The first-order valence-electron chi connectivity index (χ1n) is 10.5. The zero-order valence-electron chi connectivity index (χ0n) is 18.7. The van der Waals surface area contributed by atoms with Crippen LogP contribution in [0.4, 0.5) is 17.2 Å². The van der Waals surface area contributed by atoms with Crippen LogP contribution in [0.3, 0.4) is 0 Å². The van der Waals surface area contributed by atoms with Gasteiger partial charge in [0.1, 0.15) is 5.82 Å². The molecule has 9 heteroatoms. The van der Waals surface area contributed by atoms with Crippen molar-refractivity contribution in [3.8, 4) is 5.69 Å². The minimum Gasteiger partial charge on any atom is -0.278 e. The molecule has 0 aliphatic heterocycles. The van der Waals surface area contributed by atoms with Gasteiger partial charge in [-0.05, 0) is 55.0 Å². The van der Waals surface area contributed by atoms with Crippen LogP contribution in [-0.4, -0.2) is 30.9 Å². The highest BCUT2D eigenvalue weighted by molar-refractivity contribution is 7.92. The van der Waals surface area contributed by atoms with Gasteiger partial charge in [0.05, 0.1) is 35.6 Å². The van der Waals surface area contributed by atoms with Gasteiger partial charge in [0, 0.05) is 11.1 Å². The largest absolute Gasteiger partial charge is 0.278 e. The van der Waals surface area contributed by atoms with Crippen molar-refractivity contribution in [1.82, 2.24) is 9.78 Å². The van der Waals surface area contributed by atoms with Crippen LogP contribution in [0.1, 0.15) is 11.3 Å². The Hall–Kier alpha value is -3.62. The molecule has 3 aromatic carbocycles. The summed E-state index contributed by atoms with van der Waals surface area (Å²) in [6.07, 6.45) is 1.86. The molecule has 1 heterocycles. The Labute approximate surface area is 203 Å². The number of amides is 1. The van der Waals surface area contributed by atoms with Crippen molar-refractivity contribution >= 4 is 45.2 Å². The Kier molecular flexibility index (Phi) is 6.72. The number of benzene rings is 3. The fourth-order valence-electron chi connectivity index (χ4n) is 3.62. The van der Waals surface area contributed by atoms with Crippen molar-refractivity contribution in [1.29, 1.82) is 0 Å². The lowest BCUT2D eigenvalue weighted by atomic mass is 10.2. The Balaban J connectivity index is 1.69. The topological polar surface area (TPSA) is 75.5 Å². The summed E-state index contributed by atoms with van der Waals surface area (Å²) in [6.45, 7) is 1.95. The summed E-state index contributed by atoms with van der Waals surface area (Å²) in [5, 5.41) is 5.01. The number of hydrogen-bond acceptors (Lipinski definition) is 4. The molecular weight excluding hydrogens is 472 g/mol. The number of para-hydroxylation sites is 1. The lowest BCUT2D eigenvalue weighted by Gasteiger charge is -2.24. The second kappa shape index (κ2) is 9.70. The molecule has 0 aliphatic carbocycles. The molecule has 4 rings (SSSR count). The molecule has 34 heavy (non-hydrogen) atoms. The zero-order chi connectivity index (χ0) is 24.3. The monoisotopic (exact) mass is 494 g/mol. The molecule has 0 saturated carbocycles. The van der Waals surface area contributed by atoms with Gasteiger partial charge in [0.2, 0.25) is 16.4 Å². The maximum Gasteiger partial charge on any atom is 0.232 e. The molecule has 0 N–H and O–H groups in total. The molecule has 0 spiro atoms. The van der Waals surface area contributed by atoms with Gasteiger partial charge >= 0.3 is 0 Å². The van der Waals surface area contributed by atoms with Gasteiger partial charge in [-0.1, -0.05) is 48.0 Å². The second-order valence-electron chi connectivity index (χ2n) is 7.74. The quantitative estimate of drug-likeness (QED) is 0.319. The van der Waals surface area contributed by atoms with Crippen molar-refractivity contribution in [3.63, 3.8) is 0 Å². The fourth-order valence-corrected chi connectivity index (χ4v) is 4.70. The van der Waals surface area contributed by atoms with Gasteiger partial charge in [-0.25, -0.2) is 13.1 Å². The molecule has 174 valence electrons. The molecule has 0 atom stereocenters. The number of aryl methyl sites for hydroxylation is 1. The SMILES string of the molecule is Cc1cc(N(C=O)c2ccc(N(Cc3ccccc3Cl)S(C)(=O)=O)cc2)n(-c2ccccc2)n1. The van der Waals surface area contributed by atoms with Crippen LogP contribution in [0.25, 0.3) is 5.69 Å². The van der Waals surface area contributed by atoms with Gasteiger partial charge in [-0.15, -0.1) is 0 Å². The normalized spacial score (nSPS) is 11.3. The van der Waals surface area contributed by atoms with E-state index in [1.54, 1.807) is 47.1 Å². The third kappa shape index (κ3) is 4.98. The van der Waals surface area contributed by atoms with Gasteiger partial charge < -0.3 is 0 Å². The van der Waals surface area contributed by atoms with Crippen LogP contribution in [0.15, 0.2) is 84.9 Å². The van der Waals surface area contributed by atoms with E-state index < -0.39 is 10.0 Å². The van der Waals surface area contributed by atoms with E-state index in [1.807, 2.05) is 49.4 Å². The van der Waals surface area contributed by atoms with E-state index in [9.17, 15) is 13.2 Å². The van der Waals surface area contributed by atoms with Gasteiger partial charge in [0.25, 0.3) is 0 Å². The highest BCUT2D eigenvalue weighted by Crippen LogP contribution is 2.30. The molecule has 0 radical (unpaired) electrons. The Bertz CT molecular complexity index is 1400. The molecule has 0 bridgehead atoms. The molecule has 7 nitrogen and oxygen atoms in total. The number of carbonyl (C=O) groups is 1. The zero-order valence-corrected chi connectivity index (χ0v) is 20.2. The molecular formula is C25H23ClN4O3S. The number of halogens is 1. The number of rotatable bonds is 8. The van der Waals surface area contributed by atoms with E-state index >= 15 is 0 Å². The molecule has 0 unspecified atom stereocenters. The first-order chi connectivity index (χ1) is 16.3. The van der Waals surface area contributed by atoms with Crippen LogP contribution in [0.2, 0.25) is 5.02 Å². The minimum absolute atomic E-state index is 0.0925. The molecule has 0 aliphatic rings. The number of nitrogens with zero attached hydrogens (tertiary/aromatic N) is 4. The standard InChI is InChI=1S/C25H23ClN4O3S/c1-19-16-25(30(27-19)23-9-4-3-5-10-23)28(18-31)21-12-14-22(15-13-21)29(34(2,32)33)17-20-8-6-7-11-24(20)26/h3-16,18H,17H2,1-2H3. The van der Waals surface area contributed by atoms with E-state index in [1.165, 1.54) is 9.21 Å². The minimum atomic E-state index is -3.59. The summed E-state index contributed by atoms with van der Waals surface area (Å²) in [7, 11) is -3.59. The average molecular weight is 495 g/mol. The summed E-state index contributed by atoms with van der Waals surface area (Å²) in [5.74, 6) is 0.572. The number of anilines is 3. The van der Waals surface area contributed by atoms with Crippen LogP contribution in [0, 0.1) is 6.92 Å². The number of aromatic nitrogens is 2. The summed E-state index contributed by atoms with van der Waals surface area (Å²) >= 11 is 6.25. The first kappa shape index (κ1) is 23.5. The number of hydrogen-bond donors (Lipinski definition) is 0. The molecule has 0 fully saturated rings. The molecule has 1 aromatic heterocycles. The fraction of sp³-hybridized carbons (Fsp3) is 0.120. The molecule has 0 saturated heterocycles. The van der Waals surface area contributed by atoms with Crippen molar-refractivity contribution in [2.24, 2.45) is 0 Å². The van der Waals surface area contributed by atoms with Crippen molar-refractivity contribution in [3.05, 3.63) is 101 Å². The Morgan fingerprint density at radius 3 is 2.18 bits per heavy atom. The summed E-state index contributed by atoms with van der Waals surface area (Å²) < 4.78 is 28.1. The lowest BCUT2D eigenvalue weighted by molar-refractivity contribution is -0.106. The molecule has 1 amide bonds. The van der Waals surface area contributed by atoms with Crippen LogP contribution in [0.5, 0.6) is 0 Å². The second-order valence-corrected chi connectivity index (χ2v) is 10.1. The lowest BCUT2D eigenvalue weighted by Crippen LogP contribution is -2.29. The third-order valence-corrected chi connectivity index (χ3v) is 6.76. The van der Waals surface area contributed by atoms with Gasteiger partial charge in [0.15, 0.2) is 0 Å². The summed E-state index contributed by atoms with van der Waals surface area (Å²) in [5.41, 5.74) is 3.30. The van der Waals surface area contributed by atoms with E-state index in [0.717, 1.165) is 17.6 Å². The van der Waals surface area contributed by atoms with Crippen LogP contribution >= 0.6 is 11.6 Å². The van der Waals surface area contributed by atoms with E-state index in [4.69, 9.17) is 11.6 Å². The summed E-state index contributed by atoms with van der Waals surface area (Å²) in [6, 6.07) is 25.2. The highest BCUT2D eigenvalue weighted by Gasteiger charge is 2.21. The smallest absolute Gasteiger partial charge is 0.232 e. The number of sulfonamides is 1. The van der Waals surface area contributed by atoms with Crippen LogP contribution in [-0.2, 0) is 21.4 Å². The highest BCUT2D eigenvalue weighted by atomic mass is 35.5.